The van der Waals surface area contributed by atoms with Crippen molar-refractivity contribution in [2.24, 2.45) is 0 Å². The third-order valence-corrected chi connectivity index (χ3v) is 7.10. The number of rotatable bonds is 6. The van der Waals surface area contributed by atoms with E-state index in [4.69, 9.17) is 4.74 Å². The fourth-order valence-electron chi connectivity index (χ4n) is 5.07. The molecule has 1 aromatic heterocycles. The molecule has 1 N–H and O–H groups in total. The summed E-state index contributed by atoms with van der Waals surface area (Å²) >= 11 is 0. The van der Waals surface area contributed by atoms with Gasteiger partial charge in [-0.3, -0.25) is 10.1 Å². The van der Waals surface area contributed by atoms with Gasteiger partial charge in [0.1, 0.15) is 5.69 Å². The van der Waals surface area contributed by atoms with Gasteiger partial charge in [0.15, 0.2) is 5.75 Å². The van der Waals surface area contributed by atoms with E-state index in [9.17, 15) is 20.0 Å². The standard InChI is InChI=1S/C30H30N2O5/c1-30(2,3)22-11-8-19(9-12-22)20-10-14-25-21(16-20)17-27(29(33)34)31(25)23-13-15-28(26(18-23)32(35)36)37-24-6-4-5-7-24/h8-18,24H,4-7H2,1-3H3,(H,33,34). The Morgan fingerprint density at radius 1 is 0.973 bits per heavy atom. The summed E-state index contributed by atoms with van der Waals surface area (Å²) in [4.78, 5) is 23.6. The summed E-state index contributed by atoms with van der Waals surface area (Å²) in [6.07, 6.45) is 3.84. The molecule has 4 aromatic rings. The van der Waals surface area contributed by atoms with Crippen LogP contribution >= 0.6 is 0 Å². The van der Waals surface area contributed by atoms with Gasteiger partial charge in [0.05, 0.1) is 22.2 Å². The van der Waals surface area contributed by atoms with Crippen molar-refractivity contribution in [3.8, 4) is 22.6 Å². The lowest BCUT2D eigenvalue weighted by molar-refractivity contribution is -0.386. The lowest BCUT2D eigenvalue weighted by Crippen LogP contribution is -2.12. The molecular weight excluding hydrogens is 468 g/mol. The Balaban J connectivity index is 1.57. The van der Waals surface area contributed by atoms with Crippen LogP contribution in [0.15, 0.2) is 66.7 Å². The molecule has 1 saturated carbocycles. The minimum absolute atomic E-state index is 0.0255. The maximum Gasteiger partial charge on any atom is 0.352 e. The molecular formula is C30H30N2O5. The maximum absolute atomic E-state index is 12.2. The molecule has 3 aromatic carbocycles. The number of carboxylic acid groups (broad SMARTS) is 1. The highest BCUT2D eigenvalue weighted by Crippen LogP contribution is 2.36. The topological polar surface area (TPSA) is 94.6 Å². The quantitative estimate of drug-likeness (QED) is 0.219. The van der Waals surface area contributed by atoms with Crippen LogP contribution in [-0.4, -0.2) is 26.7 Å². The minimum Gasteiger partial charge on any atom is -0.484 e. The van der Waals surface area contributed by atoms with Gasteiger partial charge in [-0.2, -0.15) is 0 Å². The molecule has 0 bridgehead atoms. The van der Waals surface area contributed by atoms with E-state index >= 15 is 0 Å². The van der Waals surface area contributed by atoms with Gasteiger partial charge in [-0.15, -0.1) is 0 Å². The molecule has 0 saturated heterocycles. The summed E-state index contributed by atoms with van der Waals surface area (Å²) in [7, 11) is 0. The van der Waals surface area contributed by atoms with Crippen molar-refractivity contribution in [1.82, 2.24) is 4.57 Å². The Morgan fingerprint density at radius 3 is 2.27 bits per heavy atom. The van der Waals surface area contributed by atoms with Gasteiger partial charge in [-0.1, -0.05) is 51.1 Å². The fourth-order valence-corrected chi connectivity index (χ4v) is 5.07. The number of hydrogen-bond acceptors (Lipinski definition) is 4. The number of nitro benzene ring substituents is 1. The van der Waals surface area contributed by atoms with Gasteiger partial charge in [-0.25, -0.2) is 4.79 Å². The summed E-state index contributed by atoms with van der Waals surface area (Å²) in [5.74, 6) is -0.892. The average molecular weight is 499 g/mol. The first-order chi connectivity index (χ1) is 17.6. The highest BCUT2D eigenvalue weighted by molar-refractivity contribution is 5.97. The number of ether oxygens (including phenoxy) is 1. The molecule has 0 unspecified atom stereocenters. The van der Waals surface area contributed by atoms with Crippen LogP contribution in [0.25, 0.3) is 27.7 Å². The second-order valence-electron chi connectivity index (χ2n) is 10.7. The minimum atomic E-state index is -1.11. The number of carboxylic acids is 1. The van der Waals surface area contributed by atoms with Crippen LogP contribution in [0.4, 0.5) is 5.69 Å². The molecule has 5 rings (SSSR count). The van der Waals surface area contributed by atoms with E-state index in [1.807, 2.05) is 18.2 Å². The van der Waals surface area contributed by atoms with Crippen molar-refractivity contribution >= 4 is 22.6 Å². The number of fused-ring (bicyclic) bond motifs is 1. The van der Waals surface area contributed by atoms with E-state index in [0.717, 1.165) is 42.2 Å². The molecule has 0 aliphatic heterocycles. The van der Waals surface area contributed by atoms with Gasteiger partial charge in [0, 0.05) is 11.5 Å². The molecule has 7 nitrogen and oxygen atoms in total. The predicted molar refractivity (Wildman–Crippen MR) is 144 cm³/mol. The lowest BCUT2D eigenvalue weighted by atomic mass is 9.86. The Hall–Kier alpha value is -4.13. The Labute approximate surface area is 215 Å². The largest absolute Gasteiger partial charge is 0.484 e. The van der Waals surface area contributed by atoms with Crippen molar-refractivity contribution in [1.29, 1.82) is 0 Å². The van der Waals surface area contributed by atoms with Crippen molar-refractivity contribution in [3.63, 3.8) is 0 Å². The summed E-state index contributed by atoms with van der Waals surface area (Å²) in [5.41, 5.74) is 4.21. The zero-order valence-corrected chi connectivity index (χ0v) is 21.2. The normalized spacial score (nSPS) is 14.2. The van der Waals surface area contributed by atoms with Gasteiger partial charge in [0.25, 0.3) is 0 Å². The number of nitrogens with zero attached hydrogens (tertiary/aromatic N) is 2. The Morgan fingerprint density at radius 2 is 1.65 bits per heavy atom. The van der Waals surface area contributed by atoms with Crippen molar-refractivity contribution in [3.05, 3.63) is 88.1 Å². The molecule has 1 aliphatic carbocycles. The van der Waals surface area contributed by atoms with Crippen LogP contribution in [-0.2, 0) is 5.41 Å². The number of benzene rings is 3. The van der Waals surface area contributed by atoms with E-state index in [2.05, 4.69) is 45.0 Å². The van der Waals surface area contributed by atoms with E-state index in [1.165, 1.54) is 11.6 Å². The predicted octanol–water partition coefficient (Wildman–Crippen LogP) is 7.52. The molecule has 0 spiro atoms. The maximum atomic E-state index is 12.2. The number of aromatic nitrogens is 1. The number of nitro groups is 1. The average Bonchev–Trinajstić information content (AvgIpc) is 3.51. The molecule has 1 heterocycles. The monoisotopic (exact) mass is 498 g/mol. The molecule has 0 radical (unpaired) electrons. The molecule has 190 valence electrons. The second kappa shape index (κ2) is 9.39. The van der Waals surface area contributed by atoms with E-state index in [1.54, 1.807) is 22.8 Å². The number of hydrogen-bond donors (Lipinski definition) is 1. The number of carbonyl (C=O) groups is 1. The van der Waals surface area contributed by atoms with E-state index < -0.39 is 10.9 Å². The Kier molecular flexibility index (Phi) is 6.23. The fraction of sp³-hybridized carbons (Fsp3) is 0.300. The van der Waals surface area contributed by atoms with Crippen molar-refractivity contribution in [2.45, 2.75) is 58.0 Å². The lowest BCUT2D eigenvalue weighted by Gasteiger charge is -2.19. The molecule has 0 atom stereocenters. The smallest absolute Gasteiger partial charge is 0.352 e. The molecule has 1 aliphatic rings. The summed E-state index contributed by atoms with van der Waals surface area (Å²) in [6, 6.07) is 20.4. The second-order valence-corrected chi connectivity index (χ2v) is 10.7. The van der Waals surface area contributed by atoms with Crippen molar-refractivity contribution < 1.29 is 19.6 Å². The first-order valence-corrected chi connectivity index (χ1v) is 12.6. The molecule has 0 amide bonds. The highest BCUT2D eigenvalue weighted by atomic mass is 16.6. The number of aromatic carboxylic acids is 1. The zero-order valence-electron chi connectivity index (χ0n) is 21.2. The van der Waals surface area contributed by atoms with Crippen molar-refractivity contribution in [2.75, 3.05) is 0 Å². The van der Waals surface area contributed by atoms with Crippen LogP contribution in [0, 0.1) is 10.1 Å². The van der Waals surface area contributed by atoms with E-state index in [-0.39, 0.29) is 28.6 Å². The third kappa shape index (κ3) is 4.81. The summed E-state index contributed by atoms with van der Waals surface area (Å²) < 4.78 is 7.48. The SMILES string of the molecule is CC(C)(C)c1ccc(-c2ccc3c(c2)cc(C(=O)O)n3-c2ccc(OC3CCCC3)c([N+](=O)[O-])c2)cc1. The third-order valence-electron chi connectivity index (χ3n) is 7.10. The summed E-state index contributed by atoms with van der Waals surface area (Å²) in [6.45, 7) is 6.51. The highest BCUT2D eigenvalue weighted by Gasteiger charge is 2.25. The van der Waals surface area contributed by atoms with Crippen LogP contribution in [0.1, 0.15) is 62.5 Å². The molecule has 7 heteroatoms. The first kappa shape index (κ1) is 24.6. The van der Waals surface area contributed by atoms with Crippen LogP contribution in [0.3, 0.4) is 0 Å². The van der Waals surface area contributed by atoms with Gasteiger partial charge < -0.3 is 14.4 Å². The van der Waals surface area contributed by atoms with Crippen LogP contribution in [0.2, 0.25) is 0 Å². The van der Waals surface area contributed by atoms with Gasteiger partial charge in [-0.05, 0) is 78.1 Å². The zero-order chi connectivity index (χ0) is 26.3. The molecule has 37 heavy (non-hydrogen) atoms. The van der Waals surface area contributed by atoms with Crippen LogP contribution in [0.5, 0.6) is 5.75 Å². The van der Waals surface area contributed by atoms with Gasteiger partial charge >= 0.3 is 11.7 Å². The van der Waals surface area contributed by atoms with Gasteiger partial charge in [0.2, 0.25) is 0 Å². The van der Waals surface area contributed by atoms with E-state index in [0.29, 0.717) is 11.2 Å². The van der Waals surface area contributed by atoms with Crippen LogP contribution < -0.4 is 4.74 Å². The summed E-state index contributed by atoms with van der Waals surface area (Å²) in [5, 5.41) is 22.6. The first-order valence-electron chi connectivity index (χ1n) is 12.6. The Bertz CT molecular complexity index is 1490. The molecule has 1 fully saturated rings.